The predicted octanol–water partition coefficient (Wildman–Crippen LogP) is 3.70. The summed E-state index contributed by atoms with van der Waals surface area (Å²) >= 11 is 0. The van der Waals surface area contributed by atoms with Gasteiger partial charge >= 0.3 is 0 Å². The fourth-order valence-corrected chi connectivity index (χ4v) is 5.15. The van der Waals surface area contributed by atoms with Crippen LogP contribution in [-0.4, -0.2) is 35.1 Å². The number of Topliss-reactive ketones (excluding diaryl/α,β-unsaturated/α-hetero) is 1. The van der Waals surface area contributed by atoms with Crippen LogP contribution < -0.4 is 5.32 Å². The lowest BCUT2D eigenvalue weighted by atomic mass is 9.71. The fraction of sp³-hybridized carbons (Fsp3) is 0.217. The largest absolute Gasteiger partial charge is 0.461 e. The second kappa shape index (κ2) is 7.10. The van der Waals surface area contributed by atoms with Crippen LogP contribution in [0, 0.1) is 21.8 Å². The summed E-state index contributed by atoms with van der Waals surface area (Å²) in [4.78, 5) is 39.7. The number of rotatable bonds is 4. The van der Waals surface area contributed by atoms with Gasteiger partial charge in [0.2, 0.25) is 11.7 Å². The van der Waals surface area contributed by atoms with Crippen molar-refractivity contribution in [2.24, 2.45) is 5.92 Å². The van der Waals surface area contributed by atoms with Gasteiger partial charge in [-0.25, -0.2) is 4.39 Å². The molecule has 1 amide bonds. The molecule has 1 fully saturated rings. The normalized spacial score (nSPS) is 24.5. The standard InChI is InChI=1S/C23H18FN3O5/c1-26-12-16(13-4-2-5-15(10-13)27(30)31)20(21(28)19-6-3-9-32-19)23(26)17-11-14(24)7-8-18(17)25-22(23)29/h2-11,16,20H,12H2,1H3,(H,25,29)/t16-,20-,23-/m1/s1. The maximum atomic E-state index is 14.3. The Balaban J connectivity index is 1.74. The van der Waals surface area contributed by atoms with Crippen LogP contribution in [0.5, 0.6) is 0 Å². The third-order valence-electron chi connectivity index (χ3n) is 6.47. The van der Waals surface area contributed by atoms with Gasteiger partial charge in [-0.15, -0.1) is 0 Å². The van der Waals surface area contributed by atoms with Gasteiger partial charge in [0.25, 0.3) is 5.69 Å². The van der Waals surface area contributed by atoms with Crippen molar-refractivity contribution < 1.29 is 23.3 Å². The Morgan fingerprint density at radius 1 is 1.25 bits per heavy atom. The molecule has 32 heavy (non-hydrogen) atoms. The fourth-order valence-electron chi connectivity index (χ4n) is 5.15. The Labute approximate surface area is 181 Å². The van der Waals surface area contributed by atoms with Crippen molar-refractivity contribution in [1.82, 2.24) is 4.90 Å². The number of amides is 1. The van der Waals surface area contributed by atoms with Gasteiger partial charge in [0.15, 0.2) is 5.76 Å². The predicted molar refractivity (Wildman–Crippen MR) is 112 cm³/mol. The Bertz CT molecular complexity index is 1260. The van der Waals surface area contributed by atoms with Gasteiger partial charge in [0.05, 0.1) is 17.1 Å². The number of likely N-dealkylation sites (tertiary alicyclic amines) is 1. The van der Waals surface area contributed by atoms with Gasteiger partial charge < -0.3 is 9.73 Å². The van der Waals surface area contributed by atoms with E-state index < -0.39 is 39.8 Å². The smallest absolute Gasteiger partial charge is 0.269 e. The van der Waals surface area contributed by atoms with Crippen LogP contribution in [0.3, 0.4) is 0 Å². The van der Waals surface area contributed by atoms with Crippen molar-refractivity contribution in [3.8, 4) is 0 Å². The first kappa shape index (κ1) is 20.1. The van der Waals surface area contributed by atoms with Crippen LogP contribution >= 0.6 is 0 Å². The van der Waals surface area contributed by atoms with Gasteiger partial charge in [0, 0.05) is 35.8 Å². The van der Waals surface area contributed by atoms with Gasteiger partial charge in [0.1, 0.15) is 11.4 Å². The molecule has 3 aromatic rings. The zero-order chi connectivity index (χ0) is 22.6. The Hall–Kier alpha value is -3.85. The highest BCUT2D eigenvalue weighted by molar-refractivity contribution is 6.11. The molecule has 9 heteroatoms. The number of nitrogens with zero attached hydrogens (tertiary/aromatic N) is 2. The minimum atomic E-state index is -1.49. The maximum absolute atomic E-state index is 14.3. The quantitative estimate of drug-likeness (QED) is 0.381. The summed E-state index contributed by atoms with van der Waals surface area (Å²) in [6, 6.07) is 13.1. The molecule has 1 saturated heterocycles. The summed E-state index contributed by atoms with van der Waals surface area (Å²) in [7, 11) is 1.69. The van der Waals surface area contributed by atoms with Crippen molar-refractivity contribution in [2.45, 2.75) is 11.5 Å². The number of furan rings is 1. The number of anilines is 1. The maximum Gasteiger partial charge on any atom is 0.269 e. The molecule has 162 valence electrons. The number of non-ortho nitro benzene ring substituents is 1. The van der Waals surface area contributed by atoms with E-state index in [9.17, 15) is 24.1 Å². The number of likely N-dealkylation sites (N-methyl/N-ethyl adjacent to an activating group) is 1. The highest BCUT2D eigenvalue weighted by Gasteiger charge is 2.64. The topological polar surface area (TPSA) is 106 Å². The Morgan fingerprint density at radius 3 is 2.78 bits per heavy atom. The first-order valence-corrected chi connectivity index (χ1v) is 9.99. The summed E-state index contributed by atoms with van der Waals surface area (Å²) in [6.07, 6.45) is 1.36. The molecular weight excluding hydrogens is 417 g/mol. The molecule has 8 nitrogen and oxygen atoms in total. The summed E-state index contributed by atoms with van der Waals surface area (Å²) in [5, 5.41) is 14.1. The first-order chi connectivity index (χ1) is 15.3. The van der Waals surface area contributed by atoms with Gasteiger partial charge in [-0.1, -0.05) is 12.1 Å². The highest BCUT2D eigenvalue weighted by atomic mass is 19.1. The molecule has 3 atom stereocenters. The SMILES string of the molecule is CN1C[C@H](c2cccc([N+](=O)[O-])c2)[C@H](C(=O)c2ccco2)[C@]12C(=O)Nc1ccc(F)cc12. The zero-order valence-electron chi connectivity index (χ0n) is 16.9. The third-order valence-corrected chi connectivity index (χ3v) is 6.47. The number of hydrogen-bond donors (Lipinski definition) is 1. The van der Waals surface area contributed by atoms with Crippen LogP contribution in [-0.2, 0) is 10.3 Å². The van der Waals surface area contributed by atoms with Crippen molar-refractivity contribution in [2.75, 3.05) is 18.9 Å². The highest BCUT2D eigenvalue weighted by Crippen LogP contribution is 2.55. The molecule has 0 radical (unpaired) electrons. The summed E-state index contributed by atoms with van der Waals surface area (Å²) < 4.78 is 19.6. The Kier molecular flexibility index (Phi) is 4.45. The van der Waals surface area contributed by atoms with E-state index in [0.717, 1.165) is 0 Å². The average molecular weight is 435 g/mol. The number of ketones is 1. The number of halogens is 1. The average Bonchev–Trinajstić information content (AvgIpc) is 3.47. The summed E-state index contributed by atoms with van der Waals surface area (Å²) in [5.41, 5.74) is -0.262. The molecule has 0 bridgehead atoms. The van der Waals surface area contributed by atoms with E-state index in [4.69, 9.17) is 4.42 Å². The molecular formula is C23H18FN3O5. The molecule has 1 N–H and O–H groups in total. The molecule has 2 aliphatic rings. The second-order valence-corrected chi connectivity index (χ2v) is 8.07. The number of carbonyl (C=O) groups is 2. The molecule has 0 aliphatic carbocycles. The minimum Gasteiger partial charge on any atom is -0.461 e. The van der Waals surface area contributed by atoms with Crippen molar-refractivity contribution in [1.29, 1.82) is 0 Å². The Morgan fingerprint density at radius 2 is 2.06 bits per heavy atom. The number of benzene rings is 2. The summed E-state index contributed by atoms with van der Waals surface area (Å²) in [5.74, 6) is -2.91. The minimum absolute atomic E-state index is 0.0674. The van der Waals surface area contributed by atoms with Crippen molar-refractivity contribution in [3.63, 3.8) is 0 Å². The first-order valence-electron chi connectivity index (χ1n) is 9.99. The van der Waals surface area contributed by atoms with E-state index in [1.165, 1.54) is 42.7 Å². The number of hydrogen-bond acceptors (Lipinski definition) is 6. The molecule has 0 saturated carbocycles. The van der Waals surface area contributed by atoms with Gasteiger partial charge in [-0.2, -0.15) is 0 Å². The summed E-state index contributed by atoms with van der Waals surface area (Å²) in [6.45, 7) is 0.252. The van der Waals surface area contributed by atoms with E-state index >= 15 is 0 Å². The molecule has 2 aliphatic heterocycles. The van der Waals surface area contributed by atoms with Crippen molar-refractivity contribution in [3.05, 3.63) is 93.7 Å². The molecule has 5 rings (SSSR count). The van der Waals surface area contributed by atoms with E-state index in [0.29, 0.717) is 16.8 Å². The third kappa shape index (κ3) is 2.71. The van der Waals surface area contributed by atoms with E-state index in [1.807, 2.05) is 0 Å². The molecule has 1 aromatic heterocycles. The lowest BCUT2D eigenvalue weighted by Crippen LogP contribution is -2.51. The van der Waals surface area contributed by atoms with Gasteiger partial charge in [-0.3, -0.25) is 24.6 Å². The van der Waals surface area contributed by atoms with Crippen LogP contribution in [0.1, 0.15) is 27.6 Å². The number of nitro groups is 1. The van der Waals surface area contributed by atoms with E-state index in [1.54, 1.807) is 30.1 Å². The van der Waals surface area contributed by atoms with E-state index in [2.05, 4.69) is 5.32 Å². The number of carbonyl (C=O) groups excluding carboxylic acids is 2. The monoisotopic (exact) mass is 435 g/mol. The van der Waals surface area contributed by atoms with Crippen LogP contribution in [0.15, 0.2) is 65.3 Å². The van der Waals surface area contributed by atoms with Gasteiger partial charge in [-0.05, 0) is 42.9 Å². The number of fused-ring (bicyclic) bond motifs is 2. The zero-order valence-corrected chi connectivity index (χ0v) is 16.9. The van der Waals surface area contributed by atoms with Crippen LogP contribution in [0.2, 0.25) is 0 Å². The molecule has 0 unspecified atom stereocenters. The van der Waals surface area contributed by atoms with Crippen LogP contribution in [0.25, 0.3) is 0 Å². The lowest BCUT2D eigenvalue weighted by molar-refractivity contribution is -0.384. The molecule has 3 heterocycles. The van der Waals surface area contributed by atoms with Crippen LogP contribution in [0.4, 0.5) is 15.8 Å². The van der Waals surface area contributed by atoms with E-state index in [-0.39, 0.29) is 18.0 Å². The molecule has 1 spiro atoms. The second-order valence-electron chi connectivity index (χ2n) is 8.07. The number of nitrogens with one attached hydrogen (secondary N) is 1. The number of nitro benzene ring substituents is 1. The lowest BCUT2D eigenvalue weighted by Gasteiger charge is -2.35. The molecule has 2 aromatic carbocycles. The van der Waals surface area contributed by atoms with Crippen molar-refractivity contribution >= 4 is 23.1 Å².